The van der Waals surface area contributed by atoms with Gasteiger partial charge < -0.3 is 19.9 Å². The highest BCUT2D eigenvalue weighted by Crippen LogP contribution is 2.50. The Labute approximate surface area is 188 Å². The zero-order valence-corrected chi connectivity index (χ0v) is 18.7. The summed E-state index contributed by atoms with van der Waals surface area (Å²) in [5.74, 6) is -0.714. The minimum atomic E-state index is -0.678. The average Bonchev–Trinajstić information content (AvgIpc) is 3.43. The molecular formula is C25H33N3O4. The van der Waals surface area contributed by atoms with Gasteiger partial charge in [-0.25, -0.2) is 0 Å². The zero-order valence-electron chi connectivity index (χ0n) is 18.7. The number of carbonyl (C=O) groups is 2. The van der Waals surface area contributed by atoms with Crippen LogP contribution in [0.25, 0.3) is 6.08 Å². The molecule has 4 aliphatic rings. The molecule has 5 rings (SSSR count). The molecule has 172 valence electrons. The van der Waals surface area contributed by atoms with Crippen LogP contribution in [0.1, 0.15) is 69.2 Å². The fraction of sp³-hybridized carbons (Fsp3) is 0.640. The minimum Gasteiger partial charge on any atom is -0.396 e. The first-order chi connectivity index (χ1) is 15.5. The summed E-state index contributed by atoms with van der Waals surface area (Å²) in [5, 5.41) is 13.5. The fourth-order valence-corrected chi connectivity index (χ4v) is 6.28. The molecule has 3 heterocycles. The Kier molecular flexibility index (Phi) is 5.70. The molecule has 0 spiro atoms. The van der Waals surface area contributed by atoms with Gasteiger partial charge in [0.05, 0.1) is 6.04 Å². The average molecular weight is 440 g/mol. The van der Waals surface area contributed by atoms with Gasteiger partial charge >= 0.3 is 0 Å². The van der Waals surface area contributed by atoms with Crippen LogP contribution in [0.5, 0.6) is 0 Å². The van der Waals surface area contributed by atoms with Crippen LogP contribution in [-0.2, 0) is 16.1 Å². The topological polar surface area (TPSA) is 91.6 Å². The molecule has 1 aromatic heterocycles. The SMILES string of the molecule is C/C=C\c1ccc2n(c1=O)C[C@@H]1[C@@H](CO)[C@H](C(=O)NC3CCCC3)N(C(=O)C3CCC3)[C@H]21. The van der Waals surface area contributed by atoms with Crippen molar-refractivity contribution in [1.82, 2.24) is 14.8 Å². The molecule has 2 aliphatic heterocycles. The molecule has 2 N–H and O–H groups in total. The first-order valence-electron chi connectivity index (χ1n) is 12.1. The van der Waals surface area contributed by atoms with Crippen molar-refractivity contribution in [3.05, 3.63) is 39.8 Å². The maximum Gasteiger partial charge on any atom is 0.258 e. The molecule has 32 heavy (non-hydrogen) atoms. The number of allylic oxidation sites excluding steroid dienone is 1. The van der Waals surface area contributed by atoms with Crippen molar-refractivity contribution in [3.8, 4) is 0 Å². The predicted octanol–water partition coefficient (Wildman–Crippen LogP) is 2.23. The van der Waals surface area contributed by atoms with Gasteiger partial charge in [0, 0.05) is 48.2 Å². The van der Waals surface area contributed by atoms with Gasteiger partial charge in [-0.3, -0.25) is 14.4 Å². The number of nitrogens with one attached hydrogen (secondary N) is 1. The second kappa shape index (κ2) is 8.50. The second-order valence-corrected chi connectivity index (χ2v) is 9.89. The molecule has 3 fully saturated rings. The number of rotatable bonds is 5. The summed E-state index contributed by atoms with van der Waals surface area (Å²) in [5.41, 5.74) is 1.33. The fourth-order valence-electron chi connectivity index (χ4n) is 6.28. The summed E-state index contributed by atoms with van der Waals surface area (Å²) in [6, 6.07) is 2.87. The normalized spacial score (nSPS) is 29.9. The number of aromatic nitrogens is 1. The third kappa shape index (κ3) is 3.33. The Bertz CT molecular complexity index is 989. The number of nitrogens with zero attached hydrogens (tertiary/aromatic N) is 2. The van der Waals surface area contributed by atoms with Gasteiger partial charge in [-0.1, -0.05) is 31.4 Å². The lowest BCUT2D eigenvalue weighted by molar-refractivity contribution is -0.147. The molecular weight excluding hydrogens is 406 g/mol. The van der Waals surface area contributed by atoms with E-state index in [1.165, 1.54) is 0 Å². The van der Waals surface area contributed by atoms with Gasteiger partial charge in [-0.2, -0.15) is 0 Å². The third-order valence-electron chi connectivity index (χ3n) is 8.13. The van der Waals surface area contributed by atoms with E-state index in [9.17, 15) is 19.5 Å². The van der Waals surface area contributed by atoms with Crippen LogP contribution in [0.4, 0.5) is 0 Å². The highest BCUT2D eigenvalue weighted by Gasteiger charge is 2.58. The number of hydrogen-bond acceptors (Lipinski definition) is 4. The van der Waals surface area contributed by atoms with Crippen molar-refractivity contribution < 1.29 is 14.7 Å². The molecule has 2 amide bonds. The largest absolute Gasteiger partial charge is 0.396 e. The van der Waals surface area contributed by atoms with Crippen molar-refractivity contribution in [1.29, 1.82) is 0 Å². The van der Waals surface area contributed by atoms with Crippen LogP contribution in [0.15, 0.2) is 23.0 Å². The van der Waals surface area contributed by atoms with E-state index in [4.69, 9.17) is 0 Å². The number of hydrogen-bond donors (Lipinski definition) is 2. The van der Waals surface area contributed by atoms with Gasteiger partial charge in [0.2, 0.25) is 11.8 Å². The van der Waals surface area contributed by atoms with Crippen LogP contribution < -0.4 is 10.9 Å². The van der Waals surface area contributed by atoms with E-state index in [0.717, 1.165) is 50.6 Å². The maximum absolute atomic E-state index is 13.6. The summed E-state index contributed by atoms with van der Waals surface area (Å²) >= 11 is 0. The number of aliphatic hydroxyl groups excluding tert-OH is 1. The number of aliphatic hydroxyl groups is 1. The van der Waals surface area contributed by atoms with Crippen LogP contribution in [0, 0.1) is 17.8 Å². The van der Waals surface area contributed by atoms with Crippen LogP contribution >= 0.6 is 0 Å². The Morgan fingerprint density at radius 2 is 1.91 bits per heavy atom. The Morgan fingerprint density at radius 1 is 1.16 bits per heavy atom. The summed E-state index contributed by atoms with van der Waals surface area (Å²) in [6.07, 6.45) is 10.5. The Morgan fingerprint density at radius 3 is 2.53 bits per heavy atom. The molecule has 0 radical (unpaired) electrons. The van der Waals surface area contributed by atoms with Gasteiger partial charge in [-0.15, -0.1) is 0 Å². The highest BCUT2D eigenvalue weighted by molar-refractivity contribution is 5.90. The Hall–Kier alpha value is -2.41. The quantitative estimate of drug-likeness (QED) is 0.736. The summed E-state index contributed by atoms with van der Waals surface area (Å²) < 4.78 is 1.75. The van der Waals surface area contributed by atoms with Crippen molar-refractivity contribution >= 4 is 17.9 Å². The van der Waals surface area contributed by atoms with Crippen LogP contribution in [-0.4, -0.2) is 45.1 Å². The molecule has 0 unspecified atom stereocenters. The van der Waals surface area contributed by atoms with Crippen molar-refractivity contribution in [2.24, 2.45) is 17.8 Å². The van der Waals surface area contributed by atoms with Crippen LogP contribution in [0.3, 0.4) is 0 Å². The van der Waals surface area contributed by atoms with Gasteiger partial charge in [-0.05, 0) is 44.7 Å². The lowest BCUT2D eigenvalue weighted by atomic mass is 9.84. The van der Waals surface area contributed by atoms with Gasteiger partial charge in [0.15, 0.2) is 0 Å². The number of pyridine rings is 1. The summed E-state index contributed by atoms with van der Waals surface area (Å²) in [4.78, 5) is 41.9. The molecule has 4 atom stereocenters. The van der Waals surface area contributed by atoms with E-state index in [2.05, 4.69) is 5.32 Å². The van der Waals surface area contributed by atoms with E-state index in [1.807, 2.05) is 25.1 Å². The number of amides is 2. The van der Waals surface area contributed by atoms with E-state index >= 15 is 0 Å². The lowest BCUT2D eigenvalue weighted by Crippen LogP contribution is -2.54. The standard InChI is InChI=1S/C25H33N3O4/c1-2-6-15-11-12-20-21-18(13-27(20)24(15)31)19(14-29)22(23(30)26-17-9-3-4-10-17)28(21)25(32)16-7-5-8-16/h2,6,11-12,16-19,21-22,29H,3-5,7-10,13-14H2,1H3,(H,26,30)/b6-2-/t18-,19-,21+,22-/m1/s1. The molecule has 7 heteroatoms. The molecule has 7 nitrogen and oxygen atoms in total. The number of likely N-dealkylation sites (tertiary alicyclic amines) is 1. The van der Waals surface area contributed by atoms with E-state index in [1.54, 1.807) is 15.5 Å². The monoisotopic (exact) mass is 439 g/mol. The minimum absolute atomic E-state index is 0.00667. The molecule has 0 bridgehead atoms. The highest BCUT2D eigenvalue weighted by atomic mass is 16.3. The van der Waals surface area contributed by atoms with Crippen molar-refractivity contribution in [2.75, 3.05) is 6.61 Å². The Balaban J connectivity index is 1.54. The van der Waals surface area contributed by atoms with Gasteiger partial charge in [0.25, 0.3) is 5.56 Å². The first kappa shape index (κ1) is 21.4. The van der Waals surface area contributed by atoms with Crippen molar-refractivity contribution in [3.63, 3.8) is 0 Å². The molecule has 2 saturated carbocycles. The molecule has 1 aromatic rings. The second-order valence-electron chi connectivity index (χ2n) is 9.89. The number of fused-ring (bicyclic) bond motifs is 3. The molecule has 0 aromatic carbocycles. The lowest BCUT2D eigenvalue weighted by Gasteiger charge is -2.36. The summed E-state index contributed by atoms with van der Waals surface area (Å²) in [7, 11) is 0. The van der Waals surface area contributed by atoms with Crippen LogP contribution in [0.2, 0.25) is 0 Å². The van der Waals surface area contributed by atoms with E-state index in [0.29, 0.717) is 12.1 Å². The van der Waals surface area contributed by atoms with Crippen molar-refractivity contribution in [2.45, 2.75) is 76.5 Å². The first-order valence-corrected chi connectivity index (χ1v) is 12.1. The van der Waals surface area contributed by atoms with E-state index in [-0.39, 0.29) is 53.8 Å². The molecule has 2 aliphatic carbocycles. The smallest absolute Gasteiger partial charge is 0.258 e. The predicted molar refractivity (Wildman–Crippen MR) is 121 cm³/mol. The zero-order chi connectivity index (χ0) is 22.4. The third-order valence-corrected chi connectivity index (χ3v) is 8.13. The summed E-state index contributed by atoms with van der Waals surface area (Å²) in [6.45, 7) is 2.13. The maximum atomic E-state index is 13.6. The van der Waals surface area contributed by atoms with E-state index < -0.39 is 6.04 Å². The van der Waals surface area contributed by atoms with Gasteiger partial charge in [0.1, 0.15) is 6.04 Å². The number of carbonyl (C=O) groups excluding carboxylic acids is 2. The molecule has 1 saturated heterocycles.